The van der Waals surface area contributed by atoms with Crippen molar-refractivity contribution >= 4 is 39.4 Å². The van der Waals surface area contributed by atoms with E-state index in [-0.39, 0.29) is 11.6 Å². The Morgan fingerprint density at radius 3 is 2.51 bits per heavy atom. The number of nitrogens with one attached hydrogen (secondary N) is 2. The minimum absolute atomic E-state index is 0.147. The van der Waals surface area contributed by atoms with Crippen molar-refractivity contribution in [1.82, 2.24) is 29.9 Å². The number of fused-ring (bicyclic) bond motifs is 1. The maximum Gasteiger partial charge on any atom is 0.414 e. The Morgan fingerprint density at radius 2 is 1.89 bits per heavy atom. The average molecular weight is 530 g/mol. The molecule has 4 rings (SSSR count). The number of aromatic amines is 1. The number of hydrogen-bond donors (Lipinski definition) is 6. The van der Waals surface area contributed by atoms with Crippen molar-refractivity contribution < 1.29 is 38.5 Å². The molecule has 0 radical (unpaired) electrons. The first-order chi connectivity index (χ1) is 16.4. The molecule has 6 N–H and O–H groups in total. The summed E-state index contributed by atoms with van der Waals surface area (Å²) < 4.78 is 38.4. The van der Waals surface area contributed by atoms with Crippen molar-refractivity contribution in [3.8, 4) is 17.3 Å². The van der Waals surface area contributed by atoms with Crippen LogP contribution in [0.3, 0.4) is 0 Å². The second-order valence-corrected chi connectivity index (χ2v) is 8.52. The molecule has 1 unspecified atom stereocenters. The molecule has 17 heteroatoms. The number of hydrogen-bond acceptors (Lipinski definition) is 11. The van der Waals surface area contributed by atoms with Crippen LogP contribution in [0, 0.1) is 6.92 Å². The number of nitrogens with zero attached hydrogens (tertiary/aromatic N) is 5. The van der Waals surface area contributed by atoms with Gasteiger partial charge in [0, 0.05) is 11.6 Å². The molecule has 0 amide bonds. The summed E-state index contributed by atoms with van der Waals surface area (Å²) in [7, 11) is -0.807. The molecule has 1 atom stereocenters. The summed E-state index contributed by atoms with van der Waals surface area (Å²) in [5, 5.41) is 45.6. The molecule has 0 spiro atoms. The zero-order valence-corrected chi connectivity index (χ0v) is 19.4. The predicted molar refractivity (Wildman–Crippen MR) is 118 cm³/mol. The number of aromatic nitrogens is 6. The molecule has 3 heterocycles. The van der Waals surface area contributed by atoms with E-state index in [2.05, 4.69) is 34.6 Å². The fraction of sp³-hybridized carbons (Fsp3) is 0.222. The van der Waals surface area contributed by atoms with Crippen LogP contribution >= 0.6 is 11.6 Å². The monoisotopic (exact) mass is 529 g/mol. The molecular formula is C18H17ClFN7O7S. The number of alkyl halides is 1. The van der Waals surface area contributed by atoms with Crippen LogP contribution in [-0.4, -0.2) is 73.7 Å². The predicted octanol–water partition coefficient (Wildman–Crippen LogP) is 0.269. The Hall–Kier alpha value is -3.41. The van der Waals surface area contributed by atoms with E-state index in [1.807, 2.05) is 0 Å². The zero-order chi connectivity index (χ0) is 25.5. The van der Waals surface area contributed by atoms with Crippen molar-refractivity contribution in [3.05, 3.63) is 41.4 Å². The van der Waals surface area contributed by atoms with Crippen molar-refractivity contribution in [2.45, 2.75) is 23.8 Å². The van der Waals surface area contributed by atoms with Crippen molar-refractivity contribution in [2.24, 2.45) is 0 Å². The third-order valence-electron chi connectivity index (χ3n) is 4.60. The second-order valence-electron chi connectivity index (χ2n) is 6.93. The van der Waals surface area contributed by atoms with Gasteiger partial charge in [-0.25, -0.2) is 9.19 Å². The minimum atomic E-state index is -4.54. The van der Waals surface area contributed by atoms with E-state index < -0.39 is 34.6 Å². The smallest absolute Gasteiger partial charge is 0.414 e. The van der Waals surface area contributed by atoms with Crippen molar-refractivity contribution in [1.29, 1.82) is 0 Å². The molecular weight excluding hydrogens is 513 g/mol. The Bertz CT molecular complexity index is 1410. The highest BCUT2D eigenvalue weighted by Gasteiger charge is 2.53. The van der Waals surface area contributed by atoms with E-state index in [1.165, 1.54) is 30.3 Å². The van der Waals surface area contributed by atoms with Crippen LogP contribution in [0.2, 0.25) is 5.02 Å². The first kappa shape index (κ1) is 24.7. The van der Waals surface area contributed by atoms with E-state index in [9.17, 15) is 18.8 Å². The number of anilines is 1. The molecule has 0 aliphatic heterocycles. The van der Waals surface area contributed by atoms with Crippen molar-refractivity contribution in [2.75, 3.05) is 11.8 Å². The lowest BCUT2D eigenvalue weighted by Crippen LogP contribution is -2.55. The Morgan fingerprint density at radius 1 is 1.20 bits per heavy atom. The van der Waals surface area contributed by atoms with Crippen LogP contribution in [0.4, 0.5) is 10.3 Å². The number of halogens is 2. The molecule has 0 aliphatic rings. The fourth-order valence-electron chi connectivity index (χ4n) is 3.00. The highest BCUT2D eigenvalue weighted by atomic mass is 35.5. The molecule has 0 bridgehead atoms. The SMILES string of the molecule is COc1nc(NS(=O)c2c[nH]c3c(-n4nccn4)c(Cl)ccc23)nc(C)c1OC(O)(O)C(O)(O)F. The Kier molecular flexibility index (Phi) is 6.34. The van der Waals surface area contributed by atoms with E-state index in [0.29, 0.717) is 26.5 Å². The third kappa shape index (κ3) is 4.62. The van der Waals surface area contributed by atoms with Crippen LogP contribution in [0.1, 0.15) is 5.69 Å². The first-order valence-electron chi connectivity index (χ1n) is 9.47. The summed E-state index contributed by atoms with van der Waals surface area (Å²) in [6.45, 7) is 1.29. The Labute approximate surface area is 202 Å². The van der Waals surface area contributed by atoms with E-state index in [0.717, 1.165) is 7.11 Å². The van der Waals surface area contributed by atoms with Gasteiger partial charge in [0.15, 0.2) is 11.0 Å². The maximum atomic E-state index is 13.2. The van der Waals surface area contributed by atoms with Crippen LogP contribution < -0.4 is 14.2 Å². The molecule has 1 aromatic carbocycles. The topological polar surface area (TPSA) is 201 Å². The standard InChI is InChI=1S/C18H17ClFN7O7S/c1-8-14(34-18(30,31)17(20,28)29)15(33-2)25-16(24-8)26-35(32)11-7-21-12-9(11)3-4-10(19)13(12)27-22-5-6-23-27/h3-7,21,28-31H,1-2H3,(H,24,25,26). The number of aliphatic hydroxyl groups is 4. The van der Waals surface area contributed by atoms with Gasteiger partial charge in [-0.15, -0.1) is 4.80 Å². The quantitative estimate of drug-likeness (QED) is 0.171. The first-order valence-corrected chi connectivity index (χ1v) is 11.0. The lowest BCUT2D eigenvalue weighted by molar-refractivity contribution is -0.477. The summed E-state index contributed by atoms with van der Waals surface area (Å²) >= 11 is 6.30. The van der Waals surface area contributed by atoms with Gasteiger partial charge in [-0.3, -0.25) is 4.72 Å². The highest BCUT2D eigenvalue weighted by molar-refractivity contribution is 7.86. The molecule has 0 fully saturated rings. The van der Waals surface area contributed by atoms with Crippen LogP contribution in [-0.2, 0) is 11.0 Å². The van der Waals surface area contributed by atoms with Crippen molar-refractivity contribution in [3.63, 3.8) is 0 Å². The molecule has 0 aliphatic carbocycles. The molecule has 0 saturated carbocycles. The van der Waals surface area contributed by atoms with E-state index in [4.69, 9.17) is 26.6 Å². The maximum absolute atomic E-state index is 13.2. The fourth-order valence-corrected chi connectivity index (χ4v) is 4.13. The summed E-state index contributed by atoms with van der Waals surface area (Å²) in [5.41, 5.74) is 0.814. The molecule has 0 saturated heterocycles. The number of H-pyrrole nitrogens is 1. The van der Waals surface area contributed by atoms with Gasteiger partial charge in [0.1, 0.15) is 5.69 Å². The van der Waals surface area contributed by atoms with Crippen LogP contribution in [0.25, 0.3) is 16.6 Å². The second kappa shape index (κ2) is 8.99. The number of rotatable bonds is 8. The van der Waals surface area contributed by atoms with Gasteiger partial charge in [-0.2, -0.15) is 19.6 Å². The molecule has 4 aromatic rings. The van der Waals surface area contributed by atoms with Gasteiger partial charge in [0.25, 0.3) is 5.88 Å². The summed E-state index contributed by atoms with van der Waals surface area (Å²) in [5.74, 6) is -5.37. The normalized spacial score (nSPS) is 13.1. The van der Waals surface area contributed by atoms with Gasteiger partial charge in [-0.05, 0) is 19.1 Å². The lowest BCUT2D eigenvalue weighted by atomic mass is 10.2. The van der Waals surface area contributed by atoms with Gasteiger partial charge in [0.2, 0.25) is 11.7 Å². The van der Waals surface area contributed by atoms with Gasteiger partial charge >= 0.3 is 12.0 Å². The number of ether oxygens (including phenoxy) is 2. The number of benzene rings is 1. The third-order valence-corrected chi connectivity index (χ3v) is 6.01. The minimum Gasteiger partial charge on any atom is -0.478 e. The number of methoxy groups -OCH3 is 1. The summed E-state index contributed by atoms with van der Waals surface area (Å²) in [6, 6.07) is -1.30. The van der Waals surface area contributed by atoms with E-state index >= 15 is 0 Å². The Balaban J connectivity index is 1.66. The molecule has 14 nitrogen and oxygen atoms in total. The summed E-state index contributed by atoms with van der Waals surface area (Å²) in [6.07, 6.45) is 4.44. The summed E-state index contributed by atoms with van der Waals surface area (Å²) in [4.78, 5) is 12.5. The molecule has 35 heavy (non-hydrogen) atoms. The lowest BCUT2D eigenvalue weighted by Gasteiger charge is -2.28. The number of aryl methyl sites for hydroxylation is 1. The van der Waals surface area contributed by atoms with Crippen LogP contribution in [0.15, 0.2) is 35.6 Å². The highest BCUT2D eigenvalue weighted by Crippen LogP contribution is 2.35. The van der Waals surface area contributed by atoms with Crippen LogP contribution in [0.5, 0.6) is 11.6 Å². The largest absolute Gasteiger partial charge is 0.478 e. The van der Waals surface area contributed by atoms with Gasteiger partial charge < -0.3 is 34.9 Å². The van der Waals surface area contributed by atoms with Gasteiger partial charge in [-0.1, -0.05) is 11.6 Å². The van der Waals surface area contributed by atoms with Gasteiger partial charge in [0.05, 0.1) is 40.6 Å². The van der Waals surface area contributed by atoms with E-state index in [1.54, 1.807) is 12.1 Å². The zero-order valence-electron chi connectivity index (χ0n) is 17.8. The average Bonchev–Trinajstić information content (AvgIpc) is 3.44. The molecule has 3 aromatic heterocycles. The molecule has 186 valence electrons.